The molecule has 0 fully saturated rings. The lowest BCUT2D eigenvalue weighted by atomic mass is 9.95. The quantitative estimate of drug-likeness (QED) is 0.408. The number of rotatable bonds is 6. The third kappa shape index (κ3) is 11.0. The molecule has 0 bridgehead atoms. The van der Waals surface area contributed by atoms with E-state index in [9.17, 15) is 28.0 Å². The molecule has 2 aromatic carbocycles. The summed E-state index contributed by atoms with van der Waals surface area (Å²) in [7, 11) is 2.37. The summed E-state index contributed by atoms with van der Waals surface area (Å²) in [6.07, 6.45) is -0.382. The molecule has 33 heavy (non-hydrogen) atoms. The van der Waals surface area contributed by atoms with Crippen LogP contribution in [0.3, 0.4) is 0 Å². The largest absolute Gasteiger partial charge is 0.481 e. The van der Waals surface area contributed by atoms with Gasteiger partial charge in [0.25, 0.3) is 0 Å². The fraction of sp³-hybridized carbons (Fsp3) is 0.238. The fourth-order valence-electron chi connectivity index (χ4n) is 2.20. The maximum atomic E-state index is 13.3. The van der Waals surface area contributed by atoms with Crippen molar-refractivity contribution in [3.05, 3.63) is 71.3 Å². The summed E-state index contributed by atoms with van der Waals surface area (Å²) in [6.45, 7) is 0. The number of methoxy groups -OCH3 is 2. The SMILES string of the molecule is COC(=O)C[C@@H](C(=O)O)c1ccccc1F.COC(=O)Cl.N[C@@H](C(=O)O)c1ccccc1F. The number of carboxylic acid groups (broad SMARTS) is 2. The van der Waals surface area contributed by atoms with Gasteiger partial charge in [0.1, 0.15) is 17.7 Å². The van der Waals surface area contributed by atoms with Gasteiger partial charge in [-0.2, -0.15) is 0 Å². The Kier molecular flexibility index (Phi) is 13.6. The molecule has 0 aliphatic heterocycles. The standard InChI is InChI=1S/C11H11FO4.C8H8FNO2.C2H3ClO2/c1-16-10(13)6-8(11(14)15)7-4-2-3-5-9(7)12;9-6-4-2-1-3-5(6)7(10)8(11)12;1-5-2(3)4/h2-5,8H,6H2,1H3,(H,14,15);1-4,7H,10H2,(H,11,12);1H3/t8-;7-;/m11./s1. The van der Waals surface area contributed by atoms with Crippen molar-refractivity contribution >= 4 is 34.9 Å². The topological polar surface area (TPSA) is 153 Å². The van der Waals surface area contributed by atoms with Crippen molar-refractivity contribution < 1.29 is 47.6 Å². The first-order valence-electron chi connectivity index (χ1n) is 8.96. The van der Waals surface area contributed by atoms with E-state index in [0.717, 1.165) is 13.2 Å². The number of carboxylic acids is 2. The molecule has 0 aromatic heterocycles. The highest BCUT2D eigenvalue weighted by molar-refractivity contribution is 6.61. The van der Waals surface area contributed by atoms with Crippen LogP contribution < -0.4 is 5.73 Å². The van der Waals surface area contributed by atoms with E-state index in [0.29, 0.717) is 0 Å². The summed E-state index contributed by atoms with van der Waals surface area (Å²) < 4.78 is 34.4. The van der Waals surface area contributed by atoms with Crippen LogP contribution in [-0.2, 0) is 23.9 Å². The predicted molar refractivity (Wildman–Crippen MR) is 113 cm³/mol. The second kappa shape index (κ2) is 15.3. The third-order valence-electron chi connectivity index (χ3n) is 3.84. The number of ether oxygens (including phenoxy) is 2. The highest BCUT2D eigenvalue weighted by Gasteiger charge is 2.26. The average molecular weight is 490 g/mol. The molecule has 12 heteroatoms. The Balaban J connectivity index is 0.000000530. The number of benzene rings is 2. The Morgan fingerprint density at radius 2 is 1.30 bits per heavy atom. The molecule has 0 saturated heterocycles. The van der Waals surface area contributed by atoms with Crippen LogP contribution in [0.1, 0.15) is 29.5 Å². The van der Waals surface area contributed by atoms with Crippen molar-refractivity contribution in [1.29, 1.82) is 0 Å². The number of carbonyl (C=O) groups is 4. The van der Waals surface area contributed by atoms with E-state index in [1.54, 1.807) is 6.07 Å². The lowest BCUT2D eigenvalue weighted by molar-refractivity contribution is -0.147. The molecule has 0 spiro atoms. The molecule has 0 aliphatic rings. The minimum Gasteiger partial charge on any atom is -0.481 e. The van der Waals surface area contributed by atoms with Gasteiger partial charge in [-0.15, -0.1) is 0 Å². The van der Waals surface area contributed by atoms with Gasteiger partial charge in [0.2, 0.25) is 0 Å². The van der Waals surface area contributed by atoms with Crippen LogP contribution in [0.2, 0.25) is 0 Å². The molecule has 2 atom stereocenters. The van der Waals surface area contributed by atoms with Crippen LogP contribution in [0, 0.1) is 11.6 Å². The van der Waals surface area contributed by atoms with Gasteiger partial charge >= 0.3 is 23.3 Å². The van der Waals surface area contributed by atoms with Crippen LogP contribution in [0.4, 0.5) is 13.6 Å². The van der Waals surface area contributed by atoms with E-state index in [1.807, 2.05) is 0 Å². The number of hydrogen-bond acceptors (Lipinski definition) is 7. The monoisotopic (exact) mass is 489 g/mol. The number of carbonyl (C=O) groups excluding carboxylic acids is 2. The highest BCUT2D eigenvalue weighted by Crippen LogP contribution is 2.23. The van der Waals surface area contributed by atoms with Gasteiger partial charge in [-0.3, -0.25) is 14.4 Å². The molecule has 0 aliphatic carbocycles. The Morgan fingerprint density at radius 3 is 1.64 bits per heavy atom. The zero-order chi connectivity index (χ0) is 25.6. The number of halogens is 3. The third-order valence-corrected chi connectivity index (χ3v) is 4.00. The van der Waals surface area contributed by atoms with Gasteiger partial charge in [-0.1, -0.05) is 36.4 Å². The van der Waals surface area contributed by atoms with Crippen molar-refractivity contribution in [1.82, 2.24) is 0 Å². The van der Waals surface area contributed by atoms with Crippen LogP contribution >= 0.6 is 11.6 Å². The Labute approximate surface area is 192 Å². The van der Waals surface area contributed by atoms with Crippen molar-refractivity contribution in [2.75, 3.05) is 14.2 Å². The Hall–Kier alpha value is -3.57. The molecular formula is C21H22ClF2NO8. The Bertz CT molecular complexity index is 957. The first-order valence-corrected chi connectivity index (χ1v) is 9.34. The molecule has 2 aromatic rings. The van der Waals surface area contributed by atoms with Gasteiger partial charge < -0.3 is 25.4 Å². The van der Waals surface area contributed by atoms with E-state index in [4.69, 9.17) is 15.9 Å². The summed E-state index contributed by atoms with van der Waals surface area (Å²) in [5, 5.41) is 17.4. The van der Waals surface area contributed by atoms with E-state index in [2.05, 4.69) is 21.1 Å². The number of aliphatic carboxylic acids is 2. The van der Waals surface area contributed by atoms with E-state index in [-0.39, 0.29) is 17.5 Å². The van der Waals surface area contributed by atoms with Crippen LogP contribution in [0.15, 0.2) is 48.5 Å². The maximum Gasteiger partial charge on any atom is 0.403 e. The van der Waals surface area contributed by atoms with E-state index >= 15 is 0 Å². The molecule has 0 heterocycles. The van der Waals surface area contributed by atoms with Crippen molar-refractivity contribution in [3.63, 3.8) is 0 Å². The molecule has 9 nitrogen and oxygen atoms in total. The lowest BCUT2D eigenvalue weighted by Crippen LogP contribution is -2.21. The van der Waals surface area contributed by atoms with Crippen molar-refractivity contribution in [3.8, 4) is 0 Å². The minimum atomic E-state index is -1.29. The molecule has 0 amide bonds. The van der Waals surface area contributed by atoms with Crippen LogP contribution in [0.5, 0.6) is 0 Å². The van der Waals surface area contributed by atoms with Crippen LogP contribution in [0.25, 0.3) is 0 Å². The van der Waals surface area contributed by atoms with Crippen molar-refractivity contribution in [2.45, 2.75) is 18.4 Å². The normalized spacial score (nSPS) is 11.3. The first-order chi connectivity index (χ1) is 15.5. The van der Waals surface area contributed by atoms with Crippen molar-refractivity contribution in [2.24, 2.45) is 5.73 Å². The Morgan fingerprint density at radius 1 is 0.879 bits per heavy atom. The zero-order valence-electron chi connectivity index (χ0n) is 17.5. The van der Waals surface area contributed by atoms with E-state index in [1.165, 1.54) is 43.5 Å². The molecule has 0 saturated carbocycles. The van der Waals surface area contributed by atoms with Crippen LogP contribution in [-0.4, -0.2) is 47.8 Å². The number of nitrogens with two attached hydrogens (primary N) is 1. The summed E-state index contributed by atoms with van der Waals surface area (Å²) >= 11 is 4.60. The fourth-order valence-corrected chi connectivity index (χ4v) is 2.20. The van der Waals surface area contributed by atoms with Gasteiger partial charge in [-0.25, -0.2) is 13.6 Å². The summed E-state index contributed by atoms with van der Waals surface area (Å²) in [4.78, 5) is 41.6. The molecule has 4 N–H and O–H groups in total. The van der Waals surface area contributed by atoms with E-state index < -0.39 is 46.9 Å². The maximum absolute atomic E-state index is 13.3. The minimum absolute atomic E-state index is 0.00463. The second-order valence-electron chi connectivity index (χ2n) is 5.97. The smallest absolute Gasteiger partial charge is 0.403 e. The van der Waals surface area contributed by atoms with Gasteiger partial charge in [0, 0.05) is 22.7 Å². The second-order valence-corrected chi connectivity index (χ2v) is 6.28. The molecule has 0 radical (unpaired) electrons. The zero-order valence-corrected chi connectivity index (χ0v) is 18.3. The average Bonchev–Trinajstić information content (AvgIpc) is 2.78. The van der Waals surface area contributed by atoms with Gasteiger partial charge in [-0.05, 0) is 12.1 Å². The van der Waals surface area contributed by atoms with Gasteiger partial charge in [0.05, 0.1) is 26.6 Å². The number of esters is 1. The molecule has 2 rings (SSSR count). The molecular weight excluding hydrogens is 468 g/mol. The first kappa shape index (κ1) is 29.4. The summed E-state index contributed by atoms with van der Waals surface area (Å²) in [6, 6.07) is 9.74. The predicted octanol–water partition coefficient (Wildman–Crippen LogP) is 3.46. The highest BCUT2D eigenvalue weighted by atomic mass is 35.5. The summed E-state index contributed by atoms with van der Waals surface area (Å²) in [5.41, 5.74) is 4.42. The summed E-state index contributed by atoms with van der Waals surface area (Å²) in [5.74, 6) is -5.62. The number of hydrogen-bond donors (Lipinski definition) is 3. The molecule has 180 valence electrons. The van der Waals surface area contributed by atoms with Gasteiger partial charge in [0.15, 0.2) is 0 Å². The lowest BCUT2D eigenvalue weighted by Gasteiger charge is -2.11. The molecule has 0 unspecified atom stereocenters.